The minimum Gasteiger partial charge on any atom is -0.314 e. The standard InChI is InChI=1S/C10H22ClNS/c1-10(2,3)7-9(11)8-12-5-6-13-4/h9,12H,5-8H2,1-4H3. The van der Waals surface area contributed by atoms with E-state index in [4.69, 9.17) is 11.6 Å². The van der Waals surface area contributed by atoms with Crippen molar-refractivity contribution in [2.24, 2.45) is 5.41 Å². The van der Waals surface area contributed by atoms with Crippen molar-refractivity contribution in [2.75, 3.05) is 25.1 Å². The number of rotatable bonds is 6. The monoisotopic (exact) mass is 223 g/mol. The highest BCUT2D eigenvalue weighted by Crippen LogP contribution is 2.23. The van der Waals surface area contributed by atoms with E-state index in [-0.39, 0.29) is 5.38 Å². The molecule has 13 heavy (non-hydrogen) atoms. The highest BCUT2D eigenvalue weighted by Gasteiger charge is 2.15. The molecule has 1 nitrogen and oxygen atoms in total. The van der Waals surface area contributed by atoms with E-state index in [0.717, 1.165) is 19.5 Å². The first-order valence-corrected chi connectivity index (χ1v) is 6.62. The van der Waals surface area contributed by atoms with Crippen LogP contribution in [0.4, 0.5) is 0 Å². The van der Waals surface area contributed by atoms with Crippen LogP contribution in [0, 0.1) is 5.41 Å². The van der Waals surface area contributed by atoms with E-state index in [2.05, 4.69) is 32.3 Å². The summed E-state index contributed by atoms with van der Waals surface area (Å²) >= 11 is 8.04. The van der Waals surface area contributed by atoms with Crippen molar-refractivity contribution in [2.45, 2.75) is 32.6 Å². The van der Waals surface area contributed by atoms with Gasteiger partial charge in [0.15, 0.2) is 0 Å². The number of halogens is 1. The lowest BCUT2D eigenvalue weighted by atomic mass is 9.90. The molecule has 0 spiro atoms. The van der Waals surface area contributed by atoms with Crippen molar-refractivity contribution in [1.82, 2.24) is 5.32 Å². The van der Waals surface area contributed by atoms with Crippen molar-refractivity contribution in [3.63, 3.8) is 0 Å². The van der Waals surface area contributed by atoms with Gasteiger partial charge in [-0.25, -0.2) is 0 Å². The first-order valence-electron chi connectivity index (χ1n) is 4.79. The third-order valence-electron chi connectivity index (χ3n) is 1.68. The fourth-order valence-electron chi connectivity index (χ4n) is 1.17. The molecule has 3 heteroatoms. The Balaban J connectivity index is 3.35. The van der Waals surface area contributed by atoms with Crippen LogP contribution in [-0.4, -0.2) is 30.5 Å². The maximum atomic E-state index is 6.18. The van der Waals surface area contributed by atoms with Crippen molar-refractivity contribution in [3.05, 3.63) is 0 Å². The molecule has 0 aromatic carbocycles. The van der Waals surface area contributed by atoms with E-state index in [1.165, 1.54) is 5.75 Å². The van der Waals surface area contributed by atoms with Crippen LogP contribution in [0.2, 0.25) is 0 Å². The second-order valence-electron chi connectivity index (χ2n) is 4.56. The van der Waals surface area contributed by atoms with Crippen LogP contribution in [0.5, 0.6) is 0 Å². The van der Waals surface area contributed by atoms with E-state index in [1.54, 1.807) is 0 Å². The normalized spacial score (nSPS) is 14.5. The summed E-state index contributed by atoms with van der Waals surface area (Å²) in [6, 6.07) is 0. The van der Waals surface area contributed by atoms with Gasteiger partial charge in [0.1, 0.15) is 0 Å². The highest BCUT2D eigenvalue weighted by atomic mass is 35.5. The number of nitrogens with one attached hydrogen (secondary N) is 1. The average molecular weight is 224 g/mol. The molecular formula is C10H22ClNS. The SMILES string of the molecule is CSCCNCC(Cl)CC(C)(C)C. The minimum absolute atomic E-state index is 0.266. The van der Waals surface area contributed by atoms with Gasteiger partial charge in [-0.15, -0.1) is 11.6 Å². The van der Waals surface area contributed by atoms with E-state index in [9.17, 15) is 0 Å². The maximum absolute atomic E-state index is 6.18. The van der Waals surface area contributed by atoms with Crippen LogP contribution in [0.15, 0.2) is 0 Å². The smallest absolute Gasteiger partial charge is 0.0465 e. The van der Waals surface area contributed by atoms with E-state index >= 15 is 0 Å². The molecule has 1 atom stereocenters. The molecular weight excluding hydrogens is 202 g/mol. The van der Waals surface area contributed by atoms with Gasteiger partial charge in [-0.05, 0) is 18.1 Å². The molecule has 0 aromatic rings. The molecule has 0 aliphatic rings. The predicted molar refractivity (Wildman–Crippen MR) is 65.0 cm³/mol. The number of hydrogen-bond donors (Lipinski definition) is 1. The van der Waals surface area contributed by atoms with Crippen LogP contribution in [0.3, 0.4) is 0 Å². The average Bonchev–Trinajstić information content (AvgIpc) is 1.94. The molecule has 0 amide bonds. The van der Waals surface area contributed by atoms with Crippen molar-refractivity contribution in [1.29, 1.82) is 0 Å². The molecule has 0 saturated carbocycles. The molecule has 0 bridgehead atoms. The summed E-state index contributed by atoms with van der Waals surface area (Å²) in [6.45, 7) is 8.67. The summed E-state index contributed by atoms with van der Waals surface area (Å²) in [5, 5.41) is 3.62. The molecule has 0 rings (SSSR count). The summed E-state index contributed by atoms with van der Waals surface area (Å²) < 4.78 is 0. The highest BCUT2D eigenvalue weighted by molar-refractivity contribution is 7.98. The maximum Gasteiger partial charge on any atom is 0.0465 e. The largest absolute Gasteiger partial charge is 0.314 e. The van der Waals surface area contributed by atoms with Crippen LogP contribution in [0.25, 0.3) is 0 Å². The number of alkyl halides is 1. The third-order valence-corrected chi connectivity index (χ3v) is 2.60. The molecule has 80 valence electrons. The van der Waals surface area contributed by atoms with Crippen molar-refractivity contribution >= 4 is 23.4 Å². The molecule has 1 N–H and O–H groups in total. The first-order chi connectivity index (χ1) is 5.95. The third kappa shape index (κ3) is 10.5. The molecule has 0 aromatic heterocycles. The first kappa shape index (κ1) is 13.6. The van der Waals surface area contributed by atoms with E-state index in [1.807, 2.05) is 11.8 Å². The fraction of sp³-hybridized carbons (Fsp3) is 1.00. The summed E-state index contributed by atoms with van der Waals surface area (Å²) in [6.07, 6.45) is 3.19. The predicted octanol–water partition coefficient (Wildman–Crippen LogP) is 2.98. The second-order valence-corrected chi connectivity index (χ2v) is 6.16. The van der Waals surface area contributed by atoms with Crippen LogP contribution in [-0.2, 0) is 0 Å². The lowest BCUT2D eigenvalue weighted by Gasteiger charge is -2.21. The molecule has 0 heterocycles. The topological polar surface area (TPSA) is 12.0 Å². The van der Waals surface area contributed by atoms with Crippen LogP contribution in [0.1, 0.15) is 27.2 Å². The Hall–Kier alpha value is 0.600. The van der Waals surface area contributed by atoms with Gasteiger partial charge in [-0.3, -0.25) is 0 Å². The molecule has 0 aliphatic carbocycles. The minimum atomic E-state index is 0.266. The zero-order chi connectivity index (χ0) is 10.3. The molecule has 0 aliphatic heterocycles. The van der Waals surface area contributed by atoms with E-state index in [0.29, 0.717) is 5.41 Å². The Morgan fingerprint density at radius 1 is 1.38 bits per heavy atom. The number of thioether (sulfide) groups is 1. The number of hydrogen-bond acceptors (Lipinski definition) is 2. The summed E-state index contributed by atoms with van der Waals surface area (Å²) in [7, 11) is 0. The van der Waals surface area contributed by atoms with Crippen molar-refractivity contribution in [3.8, 4) is 0 Å². The van der Waals surface area contributed by atoms with Gasteiger partial charge in [0.25, 0.3) is 0 Å². The Kier molecular flexibility index (Phi) is 7.29. The summed E-state index contributed by atoms with van der Waals surface area (Å²) in [5.74, 6) is 1.17. The lowest BCUT2D eigenvalue weighted by molar-refractivity contribution is 0.365. The summed E-state index contributed by atoms with van der Waals surface area (Å²) in [4.78, 5) is 0. The van der Waals surface area contributed by atoms with Gasteiger partial charge >= 0.3 is 0 Å². The van der Waals surface area contributed by atoms with Gasteiger partial charge in [0.2, 0.25) is 0 Å². The Labute approximate surface area is 92.0 Å². The van der Waals surface area contributed by atoms with Gasteiger partial charge < -0.3 is 5.32 Å². The molecule has 0 radical (unpaired) electrons. The Morgan fingerprint density at radius 3 is 2.46 bits per heavy atom. The molecule has 1 unspecified atom stereocenters. The lowest BCUT2D eigenvalue weighted by Crippen LogP contribution is -2.28. The zero-order valence-corrected chi connectivity index (χ0v) is 10.8. The summed E-state index contributed by atoms with van der Waals surface area (Å²) in [5.41, 5.74) is 0.341. The van der Waals surface area contributed by atoms with Crippen molar-refractivity contribution < 1.29 is 0 Å². The van der Waals surface area contributed by atoms with Gasteiger partial charge in [-0.2, -0.15) is 11.8 Å². The van der Waals surface area contributed by atoms with Gasteiger partial charge in [-0.1, -0.05) is 20.8 Å². The zero-order valence-electron chi connectivity index (χ0n) is 9.19. The van der Waals surface area contributed by atoms with Crippen LogP contribution < -0.4 is 5.32 Å². The van der Waals surface area contributed by atoms with Gasteiger partial charge in [0, 0.05) is 24.2 Å². The fourth-order valence-corrected chi connectivity index (χ4v) is 2.09. The molecule has 0 fully saturated rings. The van der Waals surface area contributed by atoms with Crippen LogP contribution >= 0.6 is 23.4 Å². The van der Waals surface area contributed by atoms with Gasteiger partial charge in [0.05, 0.1) is 0 Å². The Morgan fingerprint density at radius 2 is 2.00 bits per heavy atom. The van der Waals surface area contributed by atoms with E-state index < -0.39 is 0 Å². The molecule has 0 saturated heterocycles. The second kappa shape index (κ2) is 6.97. The Bertz CT molecular complexity index is 123. The quantitative estimate of drug-likeness (QED) is 0.549.